The predicted molar refractivity (Wildman–Crippen MR) is 89.8 cm³/mol. The maximum absolute atomic E-state index is 12.5. The first-order valence-corrected chi connectivity index (χ1v) is 8.37. The molecular formula is C16H17ClN2O2S. The molecule has 3 rings (SSSR count). The molecule has 1 aromatic heterocycles. The van der Waals surface area contributed by atoms with Crippen LogP contribution in [0.1, 0.15) is 16.5 Å². The summed E-state index contributed by atoms with van der Waals surface area (Å²) in [7, 11) is 0. The Bertz CT molecular complexity index is 640. The molecule has 1 saturated heterocycles. The fourth-order valence-electron chi connectivity index (χ4n) is 2.46. The van der Waals surface area contributed by atoms with E-state index in [0.29, 0.717) is 30.4 Å². The van der Waals surface area contributed by atoms with Gasteiger partial charge in [0.2, 0.25) is 0 Å². The van der Waals surface area contributed by atoms with Crippen LogP contribution in [0.15, 0.2) is 35.7 Å². The Morgan fingerprint density at radius 2 is 2.27 bits per heavy atom. The summed E-state index contributed by atoms with van der Waals surface area (Å²) in [6.45, 7) is 3.60. The SMILES string of the molecule is Cc1cccc(Cl)c1NC(=O)N1CCO[C@H](c2cccs2)C1. The minimum Gasteiger partial charge on any atom is -0.369 e. The smallest absolute Gasteiger partial charge is 0.322 e. The minimum absolute atomic E-state index is 0.0492. The summed E-state index contributed by atoms with van der Waals surface area (Å²) < 4.78 is 5.76. The monoisotopic (exact) mass is 336 g/mol. The molecule has 1 atom stereocenters. The number of nitrogens with one attached hydrogen (secondary N) is 1. The van der Waals surface area contributed by atoms with Gasteiger partial charge in [-0.05, 0) is 30.0 Å². The lowest BCUT2D eigenvalue weighted by Gasteiger charge is -2.32. The van der Waals surface area contributed by atoms with Crippen LogP contribution in [-0.4, -0.2) is 30.6 Å². The molecule has 1 aromatic carbocycles. The highest BCUT2D eigenvalue weighted by Crippen LogP contribution is 2.28. The maximum Gasteiger partial charge on any atom is 0.322 e. The van der Waals surface area contributed by atoms with E-state index in [4.69, 9.17) is 16.3 Å². The van der Waals surface area contributed by atoms with Crippen LogP contribution in [0.25, 0.3) is 0 Å². The van der Waals surface area contributed by atoms with Crippen molar-refractivity contribution in [3.63, 3.8) is 0 Å². The number of ether oxygens (including phenoxy) is 1. The molecule has 0 unspecified atom stereocenters. The van der Waals surface area contributed by atoms with E-state index in [1.165, 1.54) is 0 Å². The van der Waals surface area contributed by atoms with E-state index in [0.717, 1.165) is 10.4 Å². The summed E-state index contributed by atoms with van der Waals surface area (Å²) in [5.41, 5.74) is 1.62. The zero-order valence-electron chi connectivity index (χ0n) is 12.2. The Kier molecular flexibility index (Phi) is 4.66. The first-order valence-electron chi connectivity index (χ1n) is 7.11. The summed E-state index contributed by atoms with van der Waals surface area (Å²) in [6.07, 6.45) is -0.0492. The number of nitrogens with zero attached hydrogens (tertiary/aromatic N) is 1. The number of hydrogen-bond donors (Lipinski definition) is 1. The van der Waals surface area contributed by atoms with E-state index in [1.807, 2.05) is 36.6 Å². The number of para-hydroxylation sites is 1. The van der Waals surface area contributed by atoms with Crippen molar-refractivity contribution in [2.24, 2.45) is 0 Å². The zero-order valence-corrected chi connectivity index (χ0v) is 13.8. The van der Waals surface area contributed by atoms with Crippen LogP contribution in [-0.2, 0) is 4.74 Å². The summed E-state index contributed by atoms with van der Waals surface area (Å²) >= 11 is 7.81. The number of amides is 2. The van der Waals surface area contributed by atoms with Gasteiger partial charge in [0.1, 0.15) is 6.10 Å². The van der Waals surface area contributed by atoms with Gasteiger partial charge in [0.25, 0.3) is 0 Å². The van der Waals surface area contributed by atoms with Crippen molar-refractivity contribution in [1.29, 1.82) is 0 Å². The number of hydrogen-bond acceptors (Lipinski definition) is 3. The summed E-state index contributed by atoms with van der Waals surface area (Å²) in [5.74, 6) is 0. The molecule has 0 aliphatic carbocycles. The third-order valence-corrected chi connectivity index (χ3v) is 4.95. The number of benzene rings is 1. The summed E-state index contributed by atoms with van der Waals surface area (Å²) in [4.78, 5) is 15.4. The highest BCUT2D eigenvalue weighted by Gasteiger charge is 2.26. The Morgan fingerprint density at radius 3 is 3.00 bits per heavy atom. The molecule has 0 spiro atoms. The van der Waals surface area contributed by atoms with E-state index in [-0.39, 0.29) is 12.1 Å². The number of anilines is 1. The molecule has 1 fully saturated rings. The van der Waals surface area contributed by atoms with Crippen molar-refractivity contribution in [3.05, 3.63) is 51.2 Å². The van der Waals surface area contributed by atoms with Gasteiger partial charge in [-0.25, -0.2) is 4.79 Å². The van der Waals surface area contributed by atoms with E-state index < -0.39 is 0 Å². The summed E-state index contributed by atoms with van der Waals surface area (Å²) in [6, 6.07) is 9.47. The van der Waals surface area contributed by atoms with Crippen molar-refractivity contribution >= 4 is 34.7 Å². The van der Waals surface area contributed by atoms with Crippen molar-refractivity contribution in [2.75, 3.05) is 25.0 Å². The van der Waals surface area contributed by atoms with Crippen molar-refractivity contribution < 1.29 is 9.53 Å². The molecule has 22 heavy (non-hydrogen) atoms. The van der Waals surface area contributed by atoms with Crippen LogP contribution in [0.5, 0.6) is 0 Å². The lowest BCUT2D eigenvalue weighted by molar-refractivity contribution is -0.0115. The number of morpholine rings is 1. The minimum atomic E-state index is -0.138. The van der Waals surface area contributed by atoms with Gasteiger partial charge in [-0.15, -0.1) is 11.3 Å². The molecule has 0 bridgehead atoms. The van der Waals surface area contributed by atoms with Crippen LogP contribution < -0.4 is 5.32 Å². The molecule has 2 amide bonds. The molecule has 0 saturated carbocycles. The van der Waals surface area contributed by atoms with Gasteiger partial charge in [-0.3, -0.25) is 0 Å². The molecule has 1 aliphatic heterocycles. The first-order chi connectivity index (χ1) is 10.6. The largest absolute Gasteiger partial charge is 0.369 e. The van der Waals surface area contributed by atoms with Crippen LogP contribution >= 0.6 is 22.9 Å². The normalized spacial score (nSPS) is 18.3. The number of urea groups is 1. The second kappa shape index (κ2) is 6.69. The molecular weight excluding hydrogens is 320 g/mol. The molecule has 116 valence electrons. The first kappa shape index (κ1) is 15.3. The van der Waals surface area contributed by atoms with Crippen LogP contribution in [0.3, 0.4) is 0 Å². The number of halogens is 1. The third kappa shape index (κ3) is 3.27. The van der Waals surface area contributed by atoms with E-state index in [9.17, 15) is 4.79 Å². The van der Waals surface area contributed by atoms with Gasteiger partial charge in [0.05, 0.1) is 23.9 Å². The number of carbonyl (C=O) groups is 1. The van der Waals surface area contributed by atoms with Crippen LogP contribution in [0.2, 0.25) is 5.02 Å². The quantitative estimate of drug-likeness (QED) is 0.887. The van der Waals surface area contributed by atoms with Gasteiger partial charge < -0.3 is 15.0 Å². The standard InChI is InChI=1S/C16H17ClN2O2S/c1-11-4-2-5-12(17)15(11)18-16(20)19-7-8-21-13(10-19)14-6-3-9-22-14/h2-6,9,13H,7-8,10H2,1H3,(H,18,20)/t13-/m0/s1. The highest BCUT2D eigenvalue weighted by molar-refractivity contribution is 7.10. The molecule has 4 nitrogen and oxygen atoms in total. The van der Waals surface area contributed by atoms with Crippen LogP contribution in [0.4, 0.5) is 10.5 Å². The second-order valence-electron chi connectivity index (χ2n) is 5.18. The van der Waals surface area contributed by atoms with Crippen molar-refractivity contribution in [3.8, 4) is 0 Å². The number of thiophene rings is 1. The number of rotatable bonds is 2. The molecule has 1 aliphatic rings. The molecule has 2 aromatic rings. The Balaban J connectivity index is 1.70. The van der Waals surface area contributed by atoms with E-state index >= 15 is 0 Å². The number of aryl methyl sites for hydroxylation is 1. The van der Waals surface area contributed by atoms with Gasteiger partial charge >= 0.3 is 6.03 Å². The molecule has 2 heterocycles. The maximum atomic E-state index is 12.5. The van der Waals surface area contributed by atoms with E-state index in [1.54, 1.807) is 22.3 Å². The van der Waals surface area contributed by atoms with Crippen molar-refractivity contribution in [1.82, 2.24) is 4.90 Å². The average Bonchev–Trinajstić information content (AvgIpc) is 3.05. The lowest BCUT2D eigenvalue weighted by Crippen LogP contribution is -2.44. The third-order valence-electron chi connectivity index (χ3n) is 3.67. The number of carbonyl (C=O) groups excluding carboxylic acids is 1. The zero-order chi connectivity index (χ0) is 15.5. The van der Waals surface area contributed by atoms with E-state index in [2.05, 4.69) is 5.32 Å². The van der Waals surface area contributed by atoms with Gasteiger partial charge in [0.15, 0.2) is 0 Å². The molecule has 1 N–H and O–H groups in total. The van der Waals surface area contributed by atoms with Gasteiger partial charge in [-0.1, -0.05) is 29.8 Å². The second-order valence-corrected chi connectivity index (χ2v) is 6.57. The lowest BCUT2D eigenvalue weighted by atomic mass is 10.2. The average molecular weight is 337 g/mol. The summed E-state index contributed by atoms with van der Waals surface area (Å²) in [5, 5.41) is 5.49. The van der Waals surface area contributed by atoms with Gasteiger partial charge in [0, 0.05) is 11.4 Å². The van der Waals surface area contributed by atoms with Crippen LogP contribution in [0, 0.1) is 6.92 Å². The fraction of sp³-hybridized carbons (Fsp3) is 0.312. The highest BCUT2D eigenvalue weighted by atomic mass is 35.5. The predicted octanol–water partition coefficient (Wildman–Crippen LogP) is 4.32. The Morgan fingerprint density at radius 1 is 1.41 bits per heavy atom. The molecule has 0 radical (unpaired) electrons. The Hall–Kier alpha value is -1.56. The molecule has 6 heteroatoms. The fourth-order valence-corrected chi connectivity index (χ4v) is 3.49. The van der Waals surface area contributed by atoms with Crippen molar-refractivity contribution in [2.45, 2.75) is 13.0 Å². The topological polar surface area (TPSA) is 41.6 Å². The van der Waals surface area contributed by atoms with Gasteiger partial charge in [-0.2, -0.15) is 0 Å². The Labute approximate surface area is 138 Å².